The van der Waals surface area contributed by atoms with E-state index in [1.165, 1.54) is 0 Å². The molecule has 144 valence electrons. The first-order valence-electron chi connectivity index (χ1n) is 8.72. The van der Waals surface area contributed by atoms with E-state index in [1.807, 2.05) is 30.5 Å². The summed E-state index contributed by atoms with van der Waals surface area (Å²) < 4.78 is 8.23. The van der Waals surface area contributed by atoms with E-state index in [4.69, 9.17) is 9.84 Å². The molecule has 0 aliphatic rings. The molecule has 0 atom stereocenters. The lowest BCUT2D eigenvalue weighted by Gasteiger charge is -2.00. The van der Waals surface area contributed by atoms with E-state index in [0.29, 0.717) is 29.1 Å². The van der Waals surface area contributed by atoms with Crippen LogP contribution in [0.5, 0.6) is 0 Å². The van der Waals surface area contributed by atoms with Crippen molar-refractivity contribution < 1.29 is 19.4 Å². The van der Waals surface area contributed by atoms with Crippen LogP contribution >= 0.6 is 0 Å². The predicted octanol–water partition coefficient (Wildman–Crippen LogP) is 3.16. The number of pyridine rings is 2. The summed E-state index contributed by atoms with van der Waals surface area (Å²) in [5.74, 6) is -1.24. The maximum absolute atomic E-state index is 11.7. The van der Waals surface area contributed by atoms with Crippen molar-refractivity contribution in [3.05, 3.63) is 71.3 Å². The average molecular weight is 380 g/mol. The molecule has 0 aliphatic carbocycles. The predicted molar refractivity (Wildman–Crippen MR) is 103 cm³/mol. The summed E-state index contributed by atoms with van der Waals surface area (Å²) in [7, 11) is 0. The number of carbonyl (C=O) groups excluding carboxylic acids is 1. The second-order valence-electron chi connectivity index (χ2n) is 6.01. The summed E-state index contributed by atoms with van der Waals surface area (Å²) in [6.45, 7) is 5.66. The molecule has 0 aromatic carbocycles. The molecule has 0 saturated heterocycles. The molecule has 1 N–H and O–H groups in total. The van der Waals surface area contributed by atoms with Gasteiger partial charge in [0.2, 0.25) is 0 Å². The molecular formula is C20H20N4O4. The van der Waals surface area contributed by atoms with Gasteiger partial charge in [-0.3, -0.25) is 0 Å². The van der Waals surface area contributed by atoms with E-state index < -0.39 is 5.97 Å². The van der Waals surface area contributed by atoms with Crippen LogP contribution in [0, 0.1) is 13.8 Å². The van der Waals surface area contributed by atoms with Gasteiger partial charge >= 0.3 is 11.9 Å². The van der Waals surface area contributed by atoms with Gasteiger partial charge in [-0.05, 0) is 45.0 Å². The highest BCUT2D eigenvalue weighted by Gasteiger charge is 2.17. The number of carboxylic acids is 1. The van der Waals surface area contributed by atoms with E-state index in [9.17, 15) is 9.59 Å². The molecule has 4 heterocycles. The zero-order valence-corrected chi connectivity index (χ0v) is 15.8. The third-order valence-corrected chi connectivity index (χ3v) is 4.12. The van der Waals surface area contributed by atoms with E-state index in [1.54, 1.807) is 48.1 Å². The fraction of sp³-hybridized carbons (Fsp3) is 0.200. The molecule has 28 heavy (non-hydrogen) atoms. The van der Waals surface area contributed by atoms with Crippen LogP contribution in [0.15, 0.2) is 48.8 Å². The molecular weight excluding hydrogens is 360 g/mol. The smallest absolute Gasteiger partial charge is 0.342 e. The molecule has 0 bridgehead atoms. The fourth-order valence-corrected chi connectivity index (χ4v) is 2.95. The van der Waals surface area contributed by atoms with Gasteiger partial charge in [0.15, 0.2) is 0 Å². The van der Waals surface area contributed by atoms with Gasteiger partial charge in [0.25, 0.3) is 0 Å². The highest BCUT2D eigenvalue weighted by atomic mass is 16.5. The number of esters is 1. The molecule has 4 rings (SSSR count). The number of aryl methyl sites for hydroxylation is 2. The van der Waals surface area contributed by atoms with Crippen LogP contribution in [0.25, 0.3) is 11.0 Å². The molecule has 0 radical (unpaired) electrons. The third-order valence-electron chi connectivity index (χ3n) is 4.12. The Morgan fingerprint density at radius 2 is 1.43 bits per heavy atom. The fourth-order valence-electron chi connectivity index (χ4n) is 2.95. The molecule has 8 heteroatoms. The third kappa shape index (κ3) is 3.57. The van der Waals surface area contributed by atoms with Crippen LogP contribution in [0.4, 0.5) is 0 Å². The Labute approximate surface area is 161 Å². The summed E-state index contributed by atoms with van der Waals surface area (Å²) in [5.41, 5.74) is 3.48. The zero-order chi connectivity index (χ0) is 20.3. The minimum Gasteiger partial charge on any atom is -0.478 e. The number of carbonyl (C=O) groups is 2. The standard InChI is InChI=1S/C11H12N2O2.C9H8N2O2/c1-3-15-11(14)10-8(2)12-13-7-5-4-6-9(10)13;1-6-8(9(12)13)7-4-2-3-5-11(7)10-6/h4-7H,3H2,1-2H3;2-5H,1H3,(H,12,13). The number of nitrogens with zero attached hydrogens (tertiary/aromatic N) is 4. The van der Waals surface area contributed by atoms with Gasteiger partial charge < -0.3 is 9.84 Å². The first kappa shape index (κ1) is 19.1. The van der Waals surface area contributed by atoms with Gasteiger partial charge in [0.1, 0.15) is 11.1 Å². The van der Waals surface area contributed by atoms with E-state index in [0.717, 1.165) is 5.52 Å². The van der Waals surface area contributed by atoms with Crippen molar-refractivity contribution in [1.82, 2.24) is 19.2 Å². The van der Waals surface area contributed by atoms with Crippen molar-refractivity contribution in [1.29, 1.82) is 0 Å². The largest absolute Gasteiger partial charge is 0.478 e. The Hall–Kier alpha value is -3.68. The van der Waals surface area contributed by atoms with Crippen LogP contribution in [-0.4, -0.2) is 42.9 Å². The molecule has 0 aliphatic heterocycles. The van der Waals surface area contributed by atoms with Crippen molar-refractivity contribution in [2.24, 2.45) is 0 Å². The lowest BCUT2D eigenvalue weighted by Crippen LogP contribution is -2.05. The minimum atomic E-state index is -0.932. The Balaban J connectivity index is 0.000000162. The molecule has 0 spiro atoms. The number of hydrogen-bond acceptors (Lipinski definition) is 5. The highest BCUT2D eigenvalue weighted by Crippen LogP contribution is 2.16. The number of aromatic carboxylic acids is 1. The normalized spacial score (nSPS) is 10.5. The van der Waals surface area contributed by atoms with Gasteiger partial charge in [-0.15, -0.1) is 0 Å². The van der Waals surface area contributed by atoms with Crippen LogP contribution in [-0.2, 0) is 4.74 Å². The van der Waals surface area contributed by atoms with Crippen LogP contribution in [0.1, 0.15) is 39.0 Å². The van der Waals surface area contributed by atoms with Gasteiger partial charge in [0.05, 0.1) is 29.0 Å². The summed E-state index contributed by atoms with van der Waals surface area (Å²) >= 11 is 0. The quantitative estimate of drug-likeness (QED) is 0.548. The van der Waals surface area contributed by atoms with E-state index in [-0.39, 0.29) is 11.5 Å². The Morgan fingerprint density at radius 3 is 1.93 bits per heavy atom. The van der Waals surface area contributed by atoms with Crippen molar-refractivity contribution in [2.45, 2.75) is 20.8 Å². The average Bonchev–Trinajstić information content (AvgIpc) is 3.17. The number of aromatic nitrogens is 4. The first-order valence-corrected chi connectivity index (χ1v) is 8.72. The molecule has 0 amide bonds. The molecule has 0 saturated carbocycles. The summed E-state index contributed by atoms with van der Waals surface area (Å²) in [6, 6.07) is 10.9. The lowest BCUT2D eigenvalue weighted by molar-refractivity contribution is 0.0527. The molecule has 0 fully saturated rings. The maximum Gasteiger partial charge on any atom is 0.342 e. The SMILES string of the molecule is CCOC(=O)c1c(C)nn2ccccc12.Cc1nn2ccccc2c1C(=O)O. The van der Waals surface area contributed by atoms with Crippen LogP contribution in [0.2, 0.25) is 0 Å². The zero-order valence-electron chi connectivity index (χ0n) is 15.8. The molecule has 8 nitrogen and oxygen atoms in total. The number of fused-ring (bicyclic) bond motifs is 2. The molecule has 4 aromatic heterocycles. The Bertz CT molecular complexity index is 1160. The van der Waals surface area contributed by atoms with Crippen molar-refractivity contribution in [3.8, 4) is 0 Å². The first-order chi connectivity index (χ1) is 13.4. The van der Waals surface area contributed by atoms with Crippen LogP contribution in [0.3, 0.4) is 0 Å². The van der Waals surface area contributed by atoms with E-state index in [2.05, 4.69) is 10.2 Å². The molecule has 4 aromatic rings. The maximum atomic E-state index is 11.7. The summed E-state index contributed by atoms with van der Waals surface area (Å²) in [4.78, 5) is 22.5. The van der Waals surface area contributed by atoms with Crippen molar-refractivity contribution in [3.63, 3.8) is 0 Å². The Kier molecular flexibility index (Phi) is 5.39. The van der Waals surface area contributed by atoms with Gasteiger partial charge in [-0.1, -0.05) is 12.1 Å². The van der Waals surface area contributed by atoms with Crippen LogP contribution < -0.4 is 0 Å². The van der Waals surface area contributed by atoms with Gasteiger partial charge in [-0.2, -0.15) is 10.2 Å². The van der Waals surface area contributed by atoms with Crippen molar-refractivity contribution >= 4 is 23.0 Å². The lowest BCUT2D eigenvalue weighted by atomic mass is 10.2. The number of ether oxygens (including phenoxy) is 1. The minimum absolute atomic E-state index is 0.278. The second kappa shape index (κ2) is 7.91. The number of carboxylic acid groups (broad SMARTS) is 1. The highest BCUT2D eigenvalue weighted by molar-refractivity contribution is 5.98. The molecule has 0 unspecified atom stereocenters. The number of hydrogen-bond donors (Lipinski definition) is 1. The number of rotatable bonds is 3. The van der Waals surface area contributed by atoms with Gasteiger partial charge in [-0.25, -0.2) is 18.6 Å². The summed E-state index contributed by atoms with van der Waals surface area (Å²) in [6.07, 6.45) is 3.54. The van der Waals surface area contributed by atoms with Gasteiger partial charge in [0, 0.05) is 12.4 Å². The monoisotopic (exact) mass is 380 g/mol. The Morgan fingerprint density at radius 1 is 0.929 bits per heavy atom. The summed E-state index contributed by atoms with van der Waals surface area (Å²) in [5, 5.41) is 17.2. The van der Waals surface area contributed by atoms with Crippen molar-refractivity contribution in [2.75, 3.05) is 6.61 Å². The second-order valence-corrected chi connectivity index (χ2v) is 6.01. The topological polar surface area (TPSA) is 98.2 Å². The van der Waals surface area contributed by atoms with E-state index >= 15 is 0 Å².